The molecule has 0 amide bonds. The lowest BCUT2D eigenvalue weighted by molar-refractivity contribution is -0.0477. The number of hydrogen-bond donors (Lipinski definition) is 1. The zero-order valence-corrected chi connectivity index (χ0v) is 9.98. The molecule has 3 heteroatoms. The second-order valence-electron chi connectivity index (χ2n) is 5.82. The quantitative estimate of drug-likeness (QED) is 0.764. The van der Waals surface area contributed by atoms with Crippen LogP contribution in [0.2, 0.25) is 0 Å². The fourth-order valence-corrected chi connectivity index (χ4v) is 2.71. The molecule has 1 heterocycles. The van der Waals surface area contributed by atoms with Gasteiger partial charge in [0.15, 0.2) is 0 Å². The molecule has 2 atom stereocenters. The van der Waals surface area contributed by atoms with Gasteiger partial charge in [0, 0.05) is 31.7 Å². The van der Waals surface area contributed by atoms with Gasteiger partial charge in [0.1, 0.15) is 0 Å². The molecule has 0 aromatic carbocycles. The molecule has 2 unspecified atom stereocenters. The average Bonchev–Trinajstić information content (AvgIpc) is 3.15. The van der Waals surface area contributed by atoms with E-state index in [-0.39, 0.29) is 6.10 Å². The van der Waals surface area contributed by atoms with E-state index >= 15 is 0 Å². The van der Waals surface area contributed by atoms with Crippen LogP contribution in [0, 0.1) is 11.8 Å². The fourth-order valence-electron chi connectivity index (χ4n) is 2.71. The van der Waals surface area contributed by atoms with Crippen LogP contribution in [0.4, 0.5) is 0 Å². The Kier molecular flexibility index (Phi) is 3.18. The minimum absolute atomic E-state index is 0.130. The van der Waals surface area contributed by atoms with E-state index in [0.717, 1.165) is 38.1 Å². The Balaban J connectivity index is 1.52. The summed E-state index contributed by atoms with van der Waals surface area (Å²) in [6.07, 6.45) is 6.29. The zero-order chi connectivity index (χ0) is 11.0. The number of ether oxygens (including phenoxy) is 1. The van der Waals surface area contributed by atoms with E-state index in [1.807, 2.05) is 0 Å². The van der Waals surface area contributed by atoms with Crippen molar-refractivity contribution in [3.8, 4) is 0 Å². The molecule has 1 saturated heterocycles. The molecule has 0 bridgehead atoms. The molecule has 0 aromatic heterocycles. The Bertz CT molecular complexity index is 238. The van der Waals surface area contributed by atoms with Crippen molar-refractivity contribution in [2.75, 3.05) is 26.3 Å². The van der Waals surface area contributed by atoms with Crippen molar-refractivity contribution in [1.29, 1.82) is 0 Å². The highest BCUT2D eigenvalue weighted by atomic mass is 16.5. The summed E-state index contributed by atoms with van der Waals surface area (Å²) in [6, 6.07) is 0.828. The molecular formula is C13H23NO2. The summed E-state index contributed by atoms with van der Waals surface area (Å²) in [5, 5.41) is 9.96. The first-order valence-electron chi connectivity index (χ1n) is 6.83. The molecular weight excluding hydrogens is 202 g/mol. The Morgan fingerprint density at radius 3 is 2.50 bits per heavy atom. The van der Waals surface area contributed by atoms with Crippen LogP contribution in [-0.2, 0) is 4.74 Å². The number of aliphatic hydroxyl groups excluding tert-OH is 1. The van der Waals surface area contributed by atoms with Crippen molar-refractivity contribution in [3.63, 3.8) is 0 Å². The van der Waals surface area contributed by atoms with Crippen molar-refractivity contribution < 1.29 is 9.84 Å². The first-order valence-corrected chi connectivity index (χ1v) is 6.83. The first kappa shape index (κ1) is 11.0. The fraction of sp³-hybridized carbons (Fsp3) is 1.00. The smallest absolute Gasteiger partial charge is 0.0624 e. The van der Waals surface area contributed by atoms with Crippen LogP contribution in [0.1, 0.15) is 32.1 Å². The van der Waals surface area contributed by atoms with E-state index in [0.29, 0.717) is 5.92 Å². The van der Waals surface area contributed by atoms with Crippen LogP contribution in [0.25, 0.3) is 0 Å². The highest BCUT2D eigenvalue weighted by molar-refractivity contribution is 4.90. The largest absolute Gasteiger partial charge is 0.393 e. The van der Waals surface area contributed by atoms with Gasteiger partial charge in [-0.1, -0.05) is 0 Å². The highest BCUT2D eigenvalue weighted by Crippen LogP contribution is 2.35. The predicted molar refractivity (Wildman–Crippen MR) is 62.3 cm³/mol. The number of hydrogen-bond acceptors (Lipinski definition) is 3. The van der Waals surface area contributed by atoms with E-state index in [9.17, 15) is 5.11 Å². The van der Waals surface area contributed by atoms with Crippen molar-refractivity contribution in [2.24, 2.45) is 11.8 Å². The van der Waals surface area contributed by atoms with Crippen LogP contribution in [-0.4, -0.2) is 48.5 Å². The molecule has 1 aliphatic heterocycles. The van der Waals surface area contributed by atoms with E-state index in [1.54, 1.807) is 0 Å². The minimum atomic E-state index is -0.130. The van der Waals surface area contributed by atoms with Gasteiger partial charge in [-0.15, -0.1) is 0 Å². The number of nitrogens with zero attached hydrogens (tertiary/aromatic N) is 1. The summed E-state index contributed by atoms with van der Waals surface area (Å²) in [4.78, 5) is 2.63. The summed E-state index contributed by atoms with van der Waals surface area (Å²) < 4.78 is 5.49. The standard InChI is InChI=1S/C13H23NO2/c15-13-5-6-16-9-11(13)8-14(12-3-4-12)7-10-1-2-10/h10-13,15H,1-9H2. The summed E-state index contributed by atoms with van der Waals surface area (Å²) in [6.45, 7) is 3.83. The summed E-state index contributed by atoms with van der Waals surface area (Å²) in [7, 11) is 0. The average molecular weight is 225 g/mol. The third-order valence-electron chi connectivity index (χ3n) is 4.16. The van der Waals surface area contributed by atoms with Crippen LogP contribution < -0.4 is 0 Å². The normalized spacial score (nSPS) is 35.6. The van der Waals surface area contributed by atoms with E-state index in [2.05, 4.69) is 4.90 Å². The molecule has 3 aliphatic rings. The lowest BCUT2D eigenvalue weighted by atomic mass is 9.98. The van der Waals surface area contributed by atoms with Crippen molar-refractivity contribution in [1.82, 2.24) is 4.90 Å². The SMILES string of the molecule is OC1CCOCC1CN(CC1CC1)C1CC1. The summed E-state index contributed by atoms with van der Waals surface area (Å²) >= 11 is 0. The first-order chi connectivity index (χ1) is 7.83. The zero-order valence-electron chi connectivity index (χ0n) is 9.98. The van der Waals surface area contributed by atoms with Gasteiger partial charge in [-0.25, -0.2) is 0 Å². The maximum absolute atomic E-state index is 9.96. The third kappa shape index (κ3) is 2.76. The van der Waals surface area contributed by atoms with Gasteiger partial charge in [-0.3, -0.25) is 4.90 Å². The lowest BCUT2D eigenvalue weighted by Crippen LogP contribution is -2.42. The molecule has 16 heavy (non-hydrogen) atoms. The molecule has 0 spiro atoms. The Labute approximate surface area is 97.8 Å². The van der Waals surface area contributed by atoms with Crippen LogP contribution in [0.15, 0.2) is 0 Å². The van der Waals surface area contributed by atoms with Gasteiger partial charge in [0.25, 0.3) is 0 Å². The summed E-state index contributed by atoms with van der Waals surface area (Å²) in [5.74, 6) is 1.32. The highest BCUT2D eigenvalue weighted by Gasteiger charge is 2.36. The van der Waals surface area contributed by atoms with Gasteiger partial charge in [0.05, 0.1) is 12.7 Å². The Hall–Kier alpha value is -0.120. The Morgan fingerprint density at radius 1 is 1.06 bits per heavy atom. The topological polar surface area (TPSA) is 32.7 Å². The maximum atomic E-state index is 9.96. The van der Waals surface area contributed by atoms with Crippen LogP contribution in [0.3, 0.4) is 0 Å². The maximum Gasteiger partial charge on any atom is 0.0624 e. The van der Waals surface area contributed by atoms with E-state index in [1.165, 1.54) is 32.2 Å². The van der Waals surface area contributed by atoms with Crippen LogP contribution >= 0.6 is 0 Å². The van der Waals surface area contributed by atoms with E-state index < -0.39 is 0 Å². The molecule has 1 N–H and O–H groups in total. The third-order valence-corrected chi connectivity index (χ3v) is 4.16. The lowest BCUT2D eigenvalue weighted by Gasteiger charge is -2.33. The van der Waals surface area contributed by atoms with Crippen LogP contribution in [0.5, 0.6) is 0 Å². The van der Waals surface area contributed by atoms with Crippen molar-refractivity contribution in [3.05, 3.63) is 0 Å². The molecule has 3 nitrogen and oxygen atoms in total. The number of aliphatic hydroxyl groups is 1. The van der Waals surface area contributed by atoms with Gasteiger partial charge >= 0.3 is 0 Å². The van der Waals surface area contributed by atoms with Gasteiger partial charge in [-0.2, -0.15) is 0 Å². The predicted octanol–water partition coefficient (Wildman–Crippen LogP) is 1.26. The molecule has 3 fully saturated rings. The summed E-state index contributed by atoms with van der Waals surface area (Å²) in [5.41, 5.74) is 0. The van der Waals surface area contributed by atoms with Gasteiger partial charge in [0.2, 0.25) is 0 Å². The monoisotopic (exact) mass is 225 g/mol. The van der Waals surface area contributed by atoms with Crippen molar-refractivity contribution >= 4 is 0 Å². The molecule has 0 radical (unpaired) electrons. The second kappa shape index (κ2) is 4.63. The minimum Gasteiger partial charge on any atom is -0.393 e. The van der Waals surface area contributed by atoms with Gasteiger partial charge in [-0.05, 0) is 38.0 Å². The van der Waals surface area contributed by atoms with Crippen molar-refractivity contribution in [2.45, 2.75) is 44.2 Å². The van der Waals surface area contributed by atoms with E-state index in [4.69, 9.17) is 4.74 Å². The molecule has 92 valence electrons. The Morgan fingerprint density at radius 2 is 1.88 bits per heavy atom. The molecule has 3 rings (SSSR count). The number of rotatable bonds is 5. The second-order valence-corrected chi connectivity index (χ2v) is 5.82. The molecule has 2 aliphatic carbocycles. The molecule has 2 saturated carbocycles. The van der Waals surface area contributed by atoms with Gasteiger partial charge < -0.3 is 9.84 Å². The molecule has 0 aromatic rings.